The summed E-state index contributed by atoms with van der Waals surface area (Å²) in [6.07, 6.45) is 1.33. The highest BCUT2D eigenvalue weighted by Gasteiger charge is 2.37. The van der Waals surface area contributed by atoms with Crippen molar-refractivity contribution in [2.45, 2.75) is 13.8 Å². The standard InChI is InChI=1S/C18H15NO4S/c1-3-23-18(22)13-8-10(2)24-17(13)19-9-14-15(20)11-6-4-5-7-12(11)16(14)21/h4-9,14H,3H2,1-2H3. The molecule has 0 saturated carbocycles. The highest BCUT2D eigenvalue weighted by atomic mass is 32.1. The number of carbonyl (C=O) groups is 3. The Labute approximate surface area is 143 Å². The third kappa shape index (κ3) is 2.80. The largest absolute Gasteiger partial charge is 0.462 e. The lowest BCUT2D eigenvalue weighted by Crippen LogP contribution is -2.16. The lowest BCUT2D eigenvalue weighted by Gasteiger charge is -2.01. The molecule has 6 heteroatoms. The topological polar surface area (TPSA) is 72.8 Å². The molecule has 0 bridgehead atoms. The van der Waals surface area contributed by atoms with Gasteiger partial charge in [0.25, 0.3) is 0 Å². The molecule has 1 heterocycles. The van der Waals surface area contributed by atoms with Crippen molar-refractivity contribution in [3.05, 3.63) is 51.9 Å². The second-order valence-electron chi connectivity index (χ2n) is 5.33. The second-order valence-corrected chi connectivity index (χ2v) is 6.56. The molecule has 2 aromatic rings. The van der Waals surface area contributed by atoms with Crippen LogP contribution in [0.1, 0.15) is 42.9 Å². The minimum Gasteiger partial charge on any atom is -0.462 e. The third-order valence-electron chi connectivity index (χ3n) is 3.69. The van der Waals surface area contributed by atoms with Gasteiger partial charge < -0.3 is 4.74 Å². The van der Waals surface area contributed by atoms with E-state index >= 15 is 0 Å². The van der Waals surface area contributed by atoms with Crippen molar-refractivity contribution in [1.29, 1.82) is 0 Å². The molecule has 1 aliphatic rings. The molecule has 0 fully saturated rings. The molecule has 1 aliphatic carbocycles. The molecule has 24 heavy (non-hydrogen) atoms. The number of aryl methyl sites for hydroxylation is 1. The summed E-state index contributed by atoms with van der Waals surface area (Å²) < 4.78 is 5.01. The van der Waals surface area contributed by atoms with E-state index in [9.17, 15) is 14.4 Å². The third-order valence-corrected chi connectivity index (χ3v) is 4.65. The Morgan fingerprint density at radius 1 is 1.25 bits per heavy atom. The van der Waals surface area contributed by atoms with E-state index in [0.717, 1.165) is 4.88 Å². The molecule has 5 nitrogen and oxygen atoms in total. The van der Waals surface area contributed by atoms with Crippen molar-refractivity contribution in [2.75, 3.05) is 6.61 Å². The fraction of sp³-hybridized carbons (Fsp3) is 0.222. The van der Waals surface area contributed by atoms with Crippen molar-refractivity contribution in [3.8, 4) is 0 Å². The summed E-state index contributed by atoms with van der Waals surface area (Å²) in [5.41, 5.74) is 1.20. The van der Waals surface area contributed by atoms with Gasteiger partial charge in [-0.15, -0.1) is 11.3 Å². The predicted octanol–water partition coefficient (Wildman–Crippen LogP) is 3.63. The number of benzene rings is 1. The minimum atomic E-state index is -0.931. The van der Waals surface area contributed by atoms with Crippen LogP contribution >= 0.6 is 11.3 Å². The predicted molar refractivity (Wildman–Crippen MR) is 91.8 cm³/mol. The van der Waals surface area contributed by atoms with Crippen molar-refractivity contribution in [2.24, 2.45) is 10.9 Å². The smallest absolute Gasteiger partial charge is 0.341 e. The van der Waals surface area contributed by atoms with Crippen molar-refractivity contribution >= 4 is 40.1 Å². The summed E-state index contributed by atoms with van der Waals surface area (Å²) in [5, 5.41) is 0.447. The van der Waals surface area contributed by atoms with Gasteiger partial charge in [-0.2, -0.15) is 0 Å². The molecule has 0 N–H and O–H groups in total. The van der Waals surface area contributed by atoms with E-state index < -0.39 is 11.9 Å². The van der Waals surface area contributed by atoms with E-state index in [2.05, 4.69) is 4.99 Å². The van der Waals surface area contributed by atoms with Crippen LogP contribution in [0, 0.1) is 12.8 Å². The first-order valence-corrected chi connectivity index (χ1v) is 8.33. The highest BCUT2D eigenvalue weighted by molar-refractivity contribution is 7.16. The molecule has 0 atom stereocenters. The van der Waals surface area contributed by atoms with Crippen LogP contribution in [-0.4, -0.2) is 30.4 Å². The molecule has 1 aromatic heterocycles. The monoisotopic (exact) mass is 341 g/mol. The van der Waals surface area contributed by atoms with Crippen LogP contribution in [0.3, 0.4) is 0 Å². The summed E-state index contributed by atoms with van der Waals surface area (Å²) in [6.45, 7) is 3.85. The van der Waals surface area contributed by atoms with Crippen LogP contribution in [0.4, 0.5) is 5.00 Å². The van der Waals surface area contributed by atoms with Crippen LogP contribution in [0.15, 0.2) is 35.3 Å². The Hall–Kier alpha value is -2.60. The Morgan fingerprint density at radius 2 is 1.88 bits per heavy atom. The maximum atomic E-state index is 12.4. The van der Waals surface area contributed by atoms with Crippen molar-refractivity contribution in [1.82, 2.24) is 0 Å². The van der Waals surface area contributed by atoms with Gasteiger partial charge in [0.2, 0.25) is 0 Å². The number of thiophene rings is 1. The van der Waals surface area contributed by atoms with Gasteiger partial charge >= 0.3 is 5.97 Å². The van der Waals surface area contributed by atoms with Gasteiger partial charge in [0.05, 0.1) is 12.2 Å². The average Bonchev–Trinajstić information content (AvgIpc) is 3.05. The molecule has 0 spiro atoms. The molecule has 0 unspecified atom stereocenters. The summed E-state index contributed by atoms with van der Waals surface area (Å²) >= 11 is 1.32. The first-order chi connectivity index (χ1) is 11.5. The molecule has 0 saturated heterocycles. The normalized spacial score (nSPS) is 14.4. The number of rotatable bonds is 4. The molecule has 0 aliphatic heterocycles. The van der Waals surface area contributed by atoms with Gasteiger partial charge in [-0.1, -0.05) is 24.3 Å². The molecule has 0 amide bonds. The quantitative estimate of drug-likeness (QED) is 0.483. The zero-order valence-corrected chi connectivity index (χ0v) is 14.1. The molecule has 122 valence electrons. The summed E-state index contributed by atoms with van der Waals surface area (Å²) in [7, 11) is 0. The number of esters is 1. The summed E-state index contributed by atoms with van der Waals surface area (Å²) in [6, 6.07) is 8.43. The van der Waals surface area contributed by atoms with E-state index in [1.165, 1.54) is 17.6 Å². The van der Waals surface area contributed by atoms with E-state index in [4.69, 9.17) is 4.74 Å². The maximum absolute atomic E-state index is 12.4. The van der Waals surface area contributed by atoms with Gasteiger partial charge in [-0.05, 0) is 19.9 Å². The first kappa shape index (κ1) is 16.3. The molecular weight excluding hydrogens is 326 g/mol. The minimum absolute atomic E-state index is 0.259. The number of hydrogen-bond acceptors (Lipinski definition) is 6. The lowest BCUT2D eigenvalue weighted by molar-refractivity contribution is 0.0527. The average molecular weight is 341 g/mol. The van der Waals surface area contributed by atoms with E-state index in [0.29, 0.717) is 21.7 Å². The number of ketones is 2. The number of nitrogens with zero attached hydrogens (tertiary/aromatic N) is 1. The van der Waals surface area contributed by atoms with E-state index in [1.54, 1.807) is 37.3 Å². The second kappa shape index (κ2) is 6.49. The number of ether oxygens (including phenoxy) is 1. The fourth-order valence-electron chi connectivity index (χ4n) is 2.60. The molecule has 1 aromatic carbocycles. The Morgan fingerprint density at radius 3 is 2.46 bits per heavy atom. The van der Waals surface area contributed by atoms with E-state index in [1.807, 2.05) is 6.92 Å². The van der Waals surface area contributed by atoms with Crippen LogP contribution in [0.25, 0.3) is 0 Å². The molecule has 3 rings (SSSR count). The van der Waals surface area contributed by atoms with Gasteiger partial charge in [0.15, 0.2) is 11.6 Å². The van der Waals surface area contributed by atoms with Crippen molar-refractivity contribution in [3.63, 3.8) is 0 Å². The fourth-order valence-corrected chi connectivity index (χ4v) is 3.45. The zero-order valence-electron chi connectivity index (χ0n) is 13.2. The first-order valence-electron chi connectivity index (χ1n) is 7.52. The maximum Gasteiger partial charge on any atom is 0.341 e. The van der Waals surface area contributed by atoms with Crippen LogP contribution in [0.5, 0.6) is 0 Å². The van der Waals surface area contributed by atoms with Gasteiger partial charge in [0, 0.05) is 22.2 Å². The highest BCUT2D eigenvalue weighted by Crippen LogP contribution is 2.32. The summed E-state index contributed by atoms with van der Waals surface area (Å²) in [5.74, 6) is -1.91. The number of carbonyl (C=O) groups excluding carboxylic acids is 3. The van der Waals surface area contributed by atoms with Gasteiger partial charge in [0.1, 0.15) is 10.9 Å². The van der Waals surface area contributed by atoms with Gasteiger partial charge in [-0.25, -0.2) is 9.79 Å². The number of Topliss-reactive ketones (excluding diaryl/α,β-unsaturated/α-hetero) is 2. The SMILES string of the molecule is CCOC(=O)c1cc(C)sc1N=CC1C(=O)c2ccccc2C1=O. The zero-order chi connectivity index (χ0) is 17.3. The van der Waals surface area contributed by atoms with Crippen LogP contribution in [-0.2, 0) is 4.74 Å². The number of fused-ring (bicyclic) bond motifs is 1. The number of hydrogen-bond donors (Lipinski definition) is 0. The molecule has 0 radical (unpaired) electrons. The van der Waals surface area contributed by atoms with Crippen LogP contribution < -0.4 is 0 Å². The summed E-state index contributed by atoms with van der Waals surface area (Å²) in [4.78, 5) is 41.8. The number of aliphatic imine (C=N–C) groups is 1. The Kier molecular flexibility index (Phi) is 4.40. The van der Waals surface area contributed by atoms with Crippen LogP contribution in [0.2, 0.25) is 0 Å². The van der Waals surface area contributed by atoms with Gasteiger partial charge in [-0.3, -0.25) is 9.59 Å². The lowest BCUT2D eigenvalue weighted by atomic mass is 10.1. The molecular formula is C18H15NO4S. The van der Waals surface area contributed by atoms with E-state index in [-0.39, 0.29) is 18.2 Å². The Balaban J connectivity index is 1.89. The van der Waals surface area contributed by atoms with Crippen molar-refractivity contribution < 1.29 is 19.1 Å². The Bertz CT molecular complexity index is 831.